The SMILES string of the molecule is O=C(COC[C@H]1CC1(F)F)NC12CC(NC(=O)c3ccc4cc(C(F)(F)F)ccc4n3)(C1)C2. The van der Waals surface area contributed by atoms with Gasteiger partial charge in [0.25, 0.3) is 11.8 Å². The van der Waals surface area contributed by atoms with Crippen LogP contribution in [-0.4, -0.2) is 47.0 Å². The van der Waals surface area contributed by atoms with Gasteiger partial charge in [-0.3, -0.25) is 9.59 Å². The molecule has 2 N–H and O–H groups in total. The third kappa shape index (κ3) is 4.14. The topological polar surface area (TPSA) is 80.3 Å². The molecule has 2 aromatic rings. The maximum atomic E-state index is 12.8. The number of nitrogens with one attached hydrogen (secondary N) is 2. The van der Waals surface area contributed by atoms with E-state index in [1.165, 1.54) is 18.2 Å². The van der Waals surface area contributed by atoms with Gasteiger partial charge in [-0.05, 0) is 43.5 Å². The van der Waals surface area contributed by atoms with Crippen LogP contribution < -0.4 is 10.6 Å². The lowest BCUT2D eigenvalue weighted by atomic mass is 9.44. The molecule has 33 heavy (non-hydrogen) atoms. The van der Waals surface area contributed by atoms with Crippen molar-refractivity contribution < 1.29 is 36.3 Å². The number of halogens is 5. The van der Waals surface area contributed by atoms with Gasteiger partial charge >= 0.3 is 6.18 Å². The molecule has 11 heteroatoms. The van der Waals surface area contributed by atoms with Crippen molar-refractivity contribution in [2.75, 3.05) is 13.2 Å². The number of amides is 2. The molecule has 0 spiro atoms. The van der Waals surface area contributed by atoms with Crippen LogP contribution in [0.5, 0.6) is 0 Å². The average Bonchev–Trinajstić information content (AvgIpc) is 3.29. The number of ether oxygens (including phenoxy) is 1. The maximum absolute atomic E-state index is 12.8. The predicted octanol–water partition coefficient (Wildman–Crippen LogP) is 3.45. The van der Waals surface area contributed by atoms with E-state index in [4.69, 9.17) is 4.74 Å². The quantitative estimate of drug-likeness (QED) is 0.609. The summed E-state index contributed by atoms with van der Waals surface area (Å²) in [7, 11) is 0. The summed E-state index contributed by atoms with van der Waals surface area (Å²) in [6, 6.07) is 5.93. The maximum Gasteiger partial charge on any atom is 0.416 e. The van der Waals surface area contributed by atoms with Crippen LogP contribution in [0, 0.1) is 5.92 Å². The molecular weight excluding hydrogens is 449 g/mol. The molecule has 4 aliphatic carbocycles. The van der Waals surface area contributed by atoms with Gasteiger partial charge in [0.1, 0.15) is 12.3 Å². The number of carbonyl (C=O) groups excluding carboxylic acids is 2. The first-order valence-electron chi connectivity index (χ1n) is 10.5. The van der Waals surface area contributed by atoms with Gasteiger partial charge in [-0.2, -0.15) is 13.2 Å². The summed E-state index contributed by atoms with van der Waals surface area (Å²) >= 11 is 0. The van der Waals surface area contributed by atoms with Crippen molar-refractivity contribution >= 4 is 22.7 Å². The Kier molecular flexibility index (Phi) is 4.72. The van der Waals surface area contributed by atoms with Crippen molar-refractivity contribution in [3.05, 3.63) is 41.6 Å². The Morgan fingerprint density at radius 1 is 1.06 bits per heavy atom. The molecule has 176 valence electrons. The van der Waals surface area contributed by atoms with Crippen molar-refractivity contribution in [1.82, 2.24) is 15.6 Å². The highest BCUT2D eigenvalue weighted by molar-refractivity contribution is 5.96. The molecule has 4 fully saturated rings. The van der Waals surface area contributed by atoms with Crippen molar-refractivity contribution in [1.29, 1.82) is 0 Å². The highest BCUT2D eigenvalue weighted by atomic mass is 19.4. The van der Waals surface area contributed by atoms with Gasteiger partial charge in [0.2, 0.25) is 5.91 Å². The number of benzene rings is 1. The van der Waals surface area contributed by atoms with E-state index in [0.29, 0.717) is 19.3 Å². The summed E-state index contributed by atoms with van der Waals surface area (Å²) < 4.78 is 69.2. The van der Waals surface area contributed by atoms with Crippen molar-refractivity contribution in [2.24, 2.45) is 5.92 Å². The van der Waals surface area contributed by atoms with Crippen LogP contribution in [-0.2, 0) is 15.7 Å². The fourth-order valence-electron chi connectivity index (χ4n) is 4.86. The van der Waals surface area contributed by atoms with Gasteiger partial charge in [-0.1, -0.05) is 6.07 Å². The molecule has 4 aliphatic rings. The van der Waals surface area contributed by atoms with Gasteiger partial charge in [0.15, 0.2) is 0 Å². The molecule has 0 radical (unpaired) electrons. The Labute approximate surface area is 184 Å². The lowest BCUT2D eigenvalue weighted by molar-refractivity contribution is -0.144. The number of nitrogens with zero attached hydrogens (tertiary/aromatic N) is 1. The molecule has 1 heterocycles. The highest BCUT2D eigenvalue weighted by Crippen LogP contribution is 2.60. The molecule has 1 atom stereocenters. The molecule has 0 unspecified atom stereocenters. The van der Waals surface area contributed by atoms with Crippen LogP contribution in [0.3, 0.4) is 0 Å². The van der Waals surface area contributed by atoms with Crippen LogP contribution in [0.25, 0.3) is 10.9 Å². The molecule has 2 bridgehead atoms. The summed E-state index contributed by atoms with van der Waals surface area (Å²) in [5, 5.41) is 6.02. The predicted molar refractivity (Wildman–Crippen MR) is 106 cm³/mol. The van der Waals surface area contributed by atoms with Crippen molar-refractivity contribution in [3.8, 4) is 0 Å². The van der Waals surface area contributed by atoms with Gasteiger partial charge in [-0.25, -0.2) is 13.8 Å². The van der Waals surface area contributed by atoms with E-state index >= 15 is 0 Å². The Balaban J connectivity index is 1.11. The second kappa shape index (κ2) is 7.09. The van der Waals surface area contributed by atoms with E-state index in [1.807, 2.05) is 0 Å². The Bertz CT molecular complexity index is 1130. The molecule has 6 nitrogen and oxygen atoms in total. The minimum Gasteiger partial charge on any atom is -0.371 e. The summed E-state index contributed by atoms with van der Waals surface area (Å²) in [6.07, 6.45) is -3.08. The van der Waals surface area contributed by atoms with Crippen LogP contribution in [0.15, 0.2) is 30.3 Å². The molecule has 1 aromatic carbocycles. The number of carbonyl (C=O) groups is 2. The van der Waals surface area contributed by atoms with E-state index in [1.54, 1.807) is 0 Å². The first-order valence-corrected chi connectivity index (χ1v) is 10.5. The lowest BCUT2D eigenvalue weighted by Crippen LogP contribution is -2.84. The van der Waals surface area contributed by atoms with Gasteiger partial charge < -0.3 is 15.4 Å². The van der Waals surface area contributed by atoms with Crippen LogP contribution in [0.4, 0.5) is 22.0 Å². The van der Waals surface area contributed by atoms with E-state index in [9.17, 15) is 31.5 Å². The number of hydrogen-bond donors (Lipinski definition) is 2. The fraction of sp³-hybridized carbons (Fsp3) is 0.500. The third-order valence-electron chi connectivity index (χ3n) is 6.57. The minimum atomic E-state index is -4.46. The van der Waals surface area contributed by atoms with E-state index < -0.39 is 40.6 Å². The molecular formula is C22H20F5N3O3. The largest absolute Gasteiger partial charge is 0.416 e. The van der Waals surface area contributed by atoms with E-state index in [2.05, 4.69) is 15.6 Å². The van der Waals surface area contributed by atoms with Crippen molar-refractivity contribution in [2.45, 2.75) is 48.9 Å². The second-order valence-electron chi connectivity index (χ2n) is 9.37. The average molecular weight is 469 g/mol. The first-order chi connectivity index (χ1) is 15.4. The molecule has 2 amide bonds. The van der Waals surface area contributed by atoms with Crippen molar-refractivity contribution in [3.63, 3.8) is 0 Å². The Morgan fingerprint density at radius 2 is 1.73 bits per heavy atom. The van der Waals surface area contributed by atoms with E-state index in [0.717, 1.165) is 12.1 Å². The highest BCUT2D eigenvalue weighted by Gasteiger charge is 2.69. The summed E-state index contributed by atoms with van der Waals surface area (Å²) in [5.74, 6) is -4.31. The normalized spacial score (nSPS) is 29.1. The van der Waals surface area contributed by atoms with Gasteiger partial charge in [0.05, 0.1) is 23.6 Å². The zero-order valence-corrected chi connectivity index (χ0v) is 17.3. The summed E-state index contributed by atoms with van der Waals surface area (Å²) in [5.41, 5.74) is -1.30. The number of rotatable bonds is 7. The monoisotopic (exact) mass is 469 g/mol. The summed E-state index contributed by atoms with van der Waals surface area (Å²) in [6.45, 7) is -0.436. The molecule has 6 rings (SSSR count). The fourth-order valence-corrected chi connectivity index (χ4v) is 4.86. The standard InChI is InChI=1S/C22H20F5N3O3/c23-21(24)6-14(21)7-33-8-17(31)29-19-9-20(10-19,11-19)30-18(32)16-3-1-12-5-13(22(25,26)27)2-4-15(12)28-16/h1-5,14H,6-11H2,(H,29,31)(H,30,32)/t14-,19?,20?/m1/s1. The van der Waals surface area contributed by atoms with Gasteiger partial charge in [-0.15, -0.1) is 0 Å². The smallest absolute Gasteiger partial charge is 0.371 e. The minimum absolute atomic E-state index is 0.0929. The molecule has 0 saturated heterocycles. The Morgan fingerprint density at radius 3 is 2.36 bits per heavy atom. The Hall–Kier alpha value is -2.82. The van der Waals surface area contributed by atoms with Crippen LogP contribution in [0.1, 0.15) is 41.7 Å². The molecule has 4 saturated carbocycles. The van der Waals surface area contributed by atoms with Gasteiger partial charge in [0, 0.05) is 22.9 Å². The lowest BCUT2D eigenvalue weighted by Gasteiger charge is -2.70. The number of aromatic nitrogens is 1. The second-order valence-corrected chi connectivity index (χ2v) is 9.37. The number of alkyl halides is 5. The summed E-state index contributed by atoms with van der Waals surface area (Å²) in [4.78, 5) is 28.8. The van der Waals surface area contributed by atoms with Crippen LogP contribution >= 0.6 is 0 Å². The zero-order chi connectivity index (χ0) is 23.6. The zero-order valence-electron chi connectivity index (χ0n) is 17.3. The number of pyridine rings is 1. The van der Waals surface area contributed by atoms with E-state index in [-0.39, 0.29) is 42.1 Å². The molecule has 0 aliphatic heterocycles. The molecule has 1 aromatic heterocycles. The van der Waals surface area contributed by atoms with Crippen LogP contribution in [0.2, 0.25) is 0 Å². The first kappa shape index (κ1) is 22.0. The number of hydrogen-bond acceptors (Lipinski definition) is 4. The third-order valence-corrected chi connectivity index (χ3v) is 6.57. The number of fused-ring (bicyclic) bond motifs is 1.